The molecule has 1 amide bonds. The minimum atomic E-state index is -0.149. The van der Waals surface area contributed by atoms with Gasteiger partial charge < -0.3 is 11.1 Å². The van der Waals surface area contributed by atoms with Crippen LogP contribution in [0.5, 0.6) is 0 Å². The van der Waals surface area contributed by atoms with Crippen molar-refractivity contribution in [1.29, 1.82) is 0 Å². The van der Waals surface area contributed by atoms with Gasteiger partial charge in [-0.3, -0.25) is 9.48 Å². The van der Waals surface area contributed by atoms with Gasteiger partial charge in [0.1, 0.15) is 5.56 Å². The molecule has 0 unspecified atom stereocenters. The van der Waals surface area contributed by atoms with Gasteiger partial charge in [-0.1, -0.05) is 13.3 Å². The lowest BCUT2D eigenvalue weighted by molar-refractivity contribution is 0.0954. The Bertz CT molecular complexity index is 319. The normalized spacial score (nSPS) is 10.1. The lowest BCUT2D eigenvalue weighted by Crippen LogP contribution is -2.24. The number of nitrogen functional groups attached to an aromatic ring is 1. The van der Waals surface area contributed by atoms with Crippen LogP contribution in [-0.4, -0.2) is 22.2 Å². The van der Waals surface area contributed by atoms with Crippen LogP contribution in [0.3, 0.4) is 0 Å². The van der Waals surface area contributed by atoms with E-state index in [0.717, 1.165) is 12.8 Å². The van der Waals surface area contributed by atoms with E-state index in [2.05, 4.69) is 17.3 Å². The van der Waals surface area contributed by atoms with Crippen molar-refractivity contribution in [1.82, 2.24) is 15.1 Å². The second-order valence-electron chi connectivity index (χ2n) is 3.21. The summed E-state index contributed by atoms with van der Waals surface area (Å²) in [4.78, 5) is 11.5. The van der Waals surface area contributed by atoms with Crippen LogP contribution in [0.4, 0.5) is 5.82 Å². The molecular formula is C9H16N4O. The Kier molecular flexibility index (Phi) is 3.50. The highest BCUT2D eigenvalue weighted by atomic mass is 16.1. The van der Waals surface area contributed by atoms with Crippen LogP contribution >= 0.6 is 0 Å². The molecule has 14 heavy (non-hydrogen) atoms. The van der Waals surface area contributed by atoms with Crippen LogP contribution in [0.2, 0.25) is 0 Å². The van der Waals surface area contributed by atoms with E-state index >= 15 is 0 Å². The first-order valence-electron chi connectivity index (χ1n) is 4.72. The molecule has 1 heterocycles. The molecule has 0 saturated carbocycles. The molecule has 3 N–H and O–H groups in total. The van der Waals surface area contributed by atoms with Gasteiger partial charge in [-0.25, -0.2) is 0 Å². The molecule has 0 radical (unpaired) electrons. The molecule has 78 valence electrons. The molecule has 0 fully saturated rings. The average molecular weight is 196 g/mol. The van der Waals surface area contributed by atoms with E-state index in [9.17, 15) is 4.79 Å². The predicted molar refractivity (Wildman–Crippen MR) is 54.9 cm³/mol. The second-order valence-corrected chi connectivity index (χ2v) is 3.21. The minimum absolute atomic E-state index is 0.149. The number of carbonyl (C=O) groups is 1. The maximum absolute atomic E-state index is 11.5. The summed E-state index contributed by atoms with van der Waals surface area (Å²) in [5.74, 6) is 0.130. The minimum Gasteiger partial charge on any atom is -0.382 e. The van der Waals surface area contributed by atoms with Gasteiger partial charge in [-0.05, 0) is 6.42 Å². The lowest BCUT2D eigenvalue weighted by atomic mass is 10.3. The van der Waals surface area contributed by atoms with Crippen LogP contribution in [-0.2, 0) is 7.05 Å². The summed E-state index contributed by atoms with van der Waals surface area (Å²) in [7, 11) is 1.74. The fourth-order valence-corrected chi connectivity index (χ4v) is 1.15. The van der Waals surface area contributed by atoms with Crippen LogP contribution < -0.4 is 11.1 Å². The SMILES string of the molecule is CCCCNC(=O)c1cn(C)nc1N. The summed E-state index contributed by atoms with van der Waals surface area (Å²) in [6, 6.07) is 0. The van der Waals surface area contributed by atoms with E-state index in [-0.39, 0.29) is 11.7 Å². The molecule has 0 aromatic carbocycles. The van der Waals surface area contributed by atoms with E-state index in [0.29, 0.717) is 12.1 Å². The number of nitrogens with two attached hydrogens (primary N) is 1. The fraction of sp³-hybridized carbons (Fsp3) is 0.556. The predicted octanol–water partition coefficient (Wildman–Crippen LogP) is 0.532. The monoisotopic (exact) mass is 196 g/mol. The molecular weight excluding hydrogens is 180 g/mol. The first-order chi connectivity index (χ1) is 6.65. The van der Waals surface area contributed by atoms with Gasteiger partial charge in [0.2, 0.25) is 0 Å². The Hall–Kier alpha value is -1.52. The van der Waals surface area contributed by atoms with Crippen LogP contribution in [0, 0.1) is 0 Å². The lowest BCUT2D eigenvalue weighted by Gasteiger charge is -2.01. The van der Waals surface area contributed by atoms with Gasteiger partial charge in [-0.2, -0.15) is 5.10 Å². The van der Waals surface area contributed by atoms with E-state index in [1.807, 2.05) is 0 Å². The number of amides is 1. The van der Waals surface area contributed by atoms with Crippen LogP contribution in [0.25, 0.3) is 0 Å². The van der Waals surface area contributed by atoms with Gasteiger partial charge in [0, 0.05) is 19.8 Å². The Balaban J connectivity index is 2.56. The van der Waals surface area contributed by atoms with Crippen molar-refractivity contribution in [2.45, 2.75) is 19.8 Å². The molecule has 0 saturated heterocycles. The van der Waals surface area contributed by atoms with E-state index in [1.54, 1.807) is 13.2 Å². The maximum Gasteiger partial charge on any atom is 0.256 e. The number of nitrogens with zero attached hydrogens (tertiary/aromatic N) is 2. The smallest absolute Gasteiger partial charge is 0.256 e. The van der Waals surface area contributed by atoms with Gasteiger partial charge in [0.05, 0.1) is 0 Å². The topological polar surface area (TPSA) is 72.9 Å². The highest BCUT2D eigenvalue weighted by Gasteiger charge is 2.11. The third kappa shape index (κ3) is 2.48. The number of rotatable bonds is 4. The van der Waals surface area contributed by atoms with E-state index < -0.39 is 0 Å². The highest BCUT2D eigenvalue weighted by molar-refractivity contribution is 5.98. The van der Waals surface area contributed by atoms with E-state index in [4.69, 9.17) is 5.73 Å². The van der Waals surface area contributed by atoms with Crippen molar-refractivity contribution in [2.24, 2.45) is 7.05 Å². The fourth-order valence-electron chi connectivity index (χ4n) is 1.15. The molecule has 0 aliphatic carbocycles. The summed E-state index contributed by atoms with van der Waals surface area (Å²) < 4.78 is 1.53. The van der Waals surface area contributed by atoms with Crippen molar-refractivity contribution < 1.29 is 4.79 Å². The molecule has 5 nitrogen and oxygen atoms in total. The van der Waals surface area contributed by atoms with Gasteiger partial charge in [-0.15, -0.1) is 0 Å². The Morgan fingerprint density at radius 3 is 2.93 bits per heavy atom. The van der Waals surface area contributed by atoms with Gasteiger partial charge >= 0.3 is 0 Å². The number of carbonyl (C=O) groups excluding carboxylic acids is 1. The number of aromatic nitrogens is 2. The van der Waals surface area contributed by atoms with Gasteiger partial charge in [0.25, 0.3) is 5.91 Å². The molecule has 1 aromatic heterocycles. The third-order valence-electron chi connectivity index (χ3n) is 1.92. The number of hydrogen-bond acceptors (Lipinski definition) is 3. The number of nitrogens with one attached hydrogen (secondary N) is 1. The maximum atomic E-state index is 11.5. The largest absolute Gasteiger partial charge is 0.382 e. The number of anilines is 1. The Labute approximate surface area is 83.3 Å². The van der Waals surface area contributed by atoms with Crippen LogP contribution in [0.15, 0.2) is 6.20 Å². The standard InChI is InChI=1S/C9H16N4O/c1-3-4-5-11-9(14)7-6-13(2)12-8(7)10/h6H,3-5H2,1-2H3,(H2,10,12)(H,11,14). The molecule has 0 bridgehead atoms. The third-order valence-corrected chi connectivity index (χ3v) is 1.92. The molecule has 0 aliphatic heterocycles. The van der Waals surface area contributed by atoms with Crippen molar-refractivity contribution in [2.75, 3.05) is 12.3 Å². The van der Waals surface area contributed by atoms with Crippen molar-refractivity contribution in [3.63, 3.8) is 0 Å². The summed E-state index contributed by atoms with van der Waals surface area (Å²) >= 11 is 0. The zero-order valence-electron chi connectivity index (χ0n) is 8.58. The molecule has 1 aromatic rings. The first kappa shape index (κ1) is 10.6. The zero-order chi connectivity index (χ0) is 10.6. The molecule has 0 spiro atoms. The summed E-state index contributed by atoms with van der Waals surface area (Å²) in [5, 5.41) is 6.68. The summed E-state index contributed by atoms with van der Waals surface area (Å²) in [5.41, 5.74) is 6.00. The zero-order valence-corrected chi connectivity index (χ0v) is 8.58. The van der Waals surface area contributed by atoms with Gasteiger partial charge in [0.15, 0.2) is 5.82 Å². The highest BCUT2D eigenvalue weighted by Crippen LogP contribution is 2.07. The quantitative estimate of drug-likeness (QED) is 0.690. The molecule has 5 heteroatoms. The number of hydrogen-bond donors (Lipinski definition) is 2. The summed E-state index contributed by atoms with van der Waals surface area (Å²) in [6.07, 6.45) is 3.66. The van der Waals surface area contributed by atoms with E-state index in [1.165, 1.54) is 4.68 Å². The Morgan fingerprint density at radius 1 is 1.71 bits per heavy atom. The number of aryl methyl sites for hydroxylation is 1. The first-order valence-corrected chi connectivity index (χ1v) is 4.72. The molecule has 0 aliphatic rings. The van der Waals surface area contributed by atoms with Crippen molar-refractivity contribution in [3.8, 4) is 0 Å². The van der Waals surface area contributed by atoms with Crippen LogP contribution in [0.1, 0.15) is 30.1 Å². The molecule has 1 rings (SSSR count). The van der Waals surface area contributed by atoms with Crippen molar-refractivity contribution in [3.05, 3.63) is 11.8 Å². The number of unbranched alkanes of at least 4 members (excludes halogenated alkanes) is 1. The average Bonchev–Trinajstić information content (AvgIpc) is 2.45. The second kappa shape index (κ2) is 4.64. The Morgan fingerprint density at radius 2 is 2.43 bits per heavy atom. The summed E-state index contributed by atoms with van der Waals surface area (Å²) in [6.45, 7) is 2.76. The van der Waals surface area contributed by atoms with Crippen molar-refractivity contribution >= 4 is 11.7 Å². The molecule has 0 atom stereocenters.